The van der Waals surface area contributed by atoms with Gasteiger partial charge in [0, 0.05) is 18.6 Å². The van der Waals surface area contributed by atoms with Gasteiger partial charge in [0.15, 0.2) is 0 Å². The van der Waals surface area contributed by atoms with Crippen LogP contribution in [0.3, 0.4) is 0 Å². The number of hydrogen-bond acceptors (Lipinski definition) is 3. The first-order valence-electron chi connectivity index (χ1n) is 6.11. The number of rotatable bonds is 4. The molecule has 7 heteroatoms. The van der Waals surface area contributed by atoms with E-state index in [1.54, 1.807) is 0 Å². The van der Waals surface area contributed by atoms with Crippen LogP contribution in [-0.2, 0) is 4.79 Å². The molecule has 2 unspecified atom stereocenters. The molecule has 18 heavy (non-hydrogen) atoms. The van der Waals surface area contributed by atoms with Crippen molar-refractivity contribution < 1.29 is 18.0 Å². The number of nitrogens with one attached hydrogen (secondary N) is 1. The fraction of sp³-hybridized carbons (Fsp3) is 0.909. The number of carbonyl (C=O) groups excluding carboxylic acids is 1. The van der Waals surface area contributed by atoms with Gasteiger partial charge in [-0.1, -0.05) is 0 Å². The third-order valence-electron chi connectivity index (χ3n) is 3.78. The Hall–Kier alpha value is -0.820. The normalized spacial score (nSPS) is 33.9. The first kappa shape index (κ1) is 13.6. The van der Waals surface area contributed by atoms with Crippen LogP contribution in [0.5, 0.6) is 0 Å². The Kier molecular flexibility index (Phi) is 3.31. The second-order valence-electron chi connectivity index (χ2n) is 5.37. The second-order valence-corrected chi connectivity index (χ2v) is 5.37. The highest BCUT2D eigenvalue weighted by molar-refractivity contribution is 5.85. The fourth-order valence-electron chi connectivity index (χ4n) is 2.71. The van der Waals surface area contributed by atoms with Gasteiger partial charge in [0.25, 0.3) is 0 Å². The molecular formula is C11H18F3N3O. The third kappa shape index (κ3) is 2.77. The summed E-state index contributed by atoms with van der Waals surface area (Å²) in [5.41, 5.74) is 4.07. The number of nitrogens with two attached hydrogens (primary N) is 1. The van der Waals surface area contributed by atoms with Crippen LogP contribution in [0.4, 0.5) is 13.2 Å². The van der Waals surface area contributed by atoms with Crippen LogP contribution in [0, 0.1) is 0 Å². The molecule has 104 valence electrons. The van der Waals surface area contributed by atoms with Crippen molar-refractivity contribution >= 4 is 5.91 Å². The van der Waals surface area contributed by atoms with E-state index in [2.05, 4.69) is 10.2 Å². The first-order valence-corrected chi connectivity index (χ1v) is 6.11. The molecule has 1 heterocycles. The van der Waals surface area contributed by atoms with Gasteiger partial charge in [-0.05, 0) is 26.2 Å². The van der Waals surface area contributed by atoms with Crippen LogP contribution >= 0.6 is 0 Å². The molecule has 1 amide bonds. The minimum absolute atomic E-state index is 0.0886. The Bertz CT molecular complexity index is 343. The Labute approximate surface area is 104 Å². The van der Waals surface area contributed by atoms with Gasteiger partial charge >= 0.3 is 6.18 Å². The largest absolute Gasteiger partial charge is 0.401 e. The van der Waals surface area contributed by atoms with E-state index in [0.29, 0.717) is 12.5 Å². The van der Waals surface area contributed by atoms with Crippen molar-refractivity contribution in [1.29, 1.82) is 0 Å². The smallest absolute Gasteiger partial charge is 0.368 e. The maximum atomic E-state index is 12.3. The number of amides is 1. The average molecular weight is 265 g/mol. The predicted molar refractivity (Wildman–Crippen MR) is 59.8 cm³/mol. The molecule has 0 aromatic heterocycles. The van der Waals surface area contributed by atoms with Gasteiger partial charge in [-0.15, -0.1) is 0 Å². The fourth-order valence-corrected chi connectivity index (χ4v) is 2.71. The molecular weight excluding hydrogens is 247 g/mol. The second kappa shape index (κ2) is 4.38. The molecule has 0 spiro atoms. The molecule has 2 rings (SSSR count). The van der Waals surface area contributed by atoms with Crippen molar-refractivity contribution in [3.8, 4) is 0 Å². The predicted octanol–water partition coefficient (Wildman–Crippen LogP) is 0.619. The summed E-state index contributed by atoms with van der Waals surface area (Å²) in [6.07, 6.45) is -1.88. The lowest BCUT2D eigenvalue weighted by Gasteiger charge is -2.28. The number of carbonyl (C=O) groups is 1. The summed E-state index contributed by atoms with van der Waals surface area (Å²) in [5.74, 6) is -0.693. The highest BCUT2D eigenvalue weighted by Crippen LogP contribution is 2.37. The summed E-state index contributed by atoms with van der Waals surface area (Å²) in [6, 6.07) is 0.500. The summed E-state index contributed by atoms with van der Waals surface area (Å²) in [7, 11) is 0. The lowest BCUT2D eigenvalue weighted by molar-refractivity contribution is -0.135. The average Bonchev–Trinajstić information content (AvgIpc) is 3.00. The molecule has 0 radical (unpaired) electrons. The van der Waals surface area contributed by atoms with Gasteiger partial charge in [0.1, 0.15) is 5.54 Å². The topological polar surface area (TPSA) is 58.4 Å². The van der Waals surface area contributed by atoms with Crippen molar-refractivity contribution in [2.24, 2.45) is 5.73 Å². The monoisotopic (exact) mass is 265 g/mol. The minimum atomic E-state index is -4.33. The molecule has 1 saturated carbocycles. The number of alkyl halides is 3. The van der Waals surface area contributed by atoms with Crippen LogP contribution in [0.1, 0.15) is 26.2 Å². The summed E-state index contributed by atoms with van der Waals surface area (Å²) in [5, 5.41) is 2.34. The van der Waals surface area contributed by atoms with E-state index >= 15 is 0 Å². The lowest BCUT2D eigenvalue weighted by Crippen LogP contribution is -2.59. The zero-order valence-corrected chi connectivity index (χ0v) is 10.3. The summed E-state index contributed by atoms with van der Waals surface area (Å²) >= 11 is 0. The van der Waals surface area contributed by atoms with E-state index in [-0.39, 0.29) is 12.6 Å². The number of halogens is 3. The van der Waals surface area contributed by atoms with Crippen LogP contribution in [0.2, 0.25) is 0 Å². The quantitative estimate of drug-likeness (QED) is 0.783. The molecule has 2 aliphatic rings. The molecule has 0 aromatic carbocycles. The molecule has 2 fully saturated rings. The summed E-state index contributed by atoms with van der Waals surface area (Å²) in [4.78, 5) is 13.6. The first-order chi connectivity index (χ1) is 8.23. The van der Waals surface area contributed by atoms with Crippen molar-refractivity contribution in [3.05, 3.63) is 0 Å². The van der Waals surface area contributed by atoms with Gasteiger partial charge in [-0.3, -0.25) is 15.0 Å². The van der Waals surface area contributed by atoms with Gasteiger partial charge < -0.3 is 5.73 Å². The molecule has 1 aliphatic carbocycles. The Morgan fingerprint density at radius 2 is 2.11 bits per heavy atom. The van der Waals surface area contributed by atoms with Gasteiger partial charge in [0.05, 0.1) is 6.54 Å². The van der Waals surface area contributed by atoms with E-state index in [9.17, 15) is 18.0 Å². The highest BCUT2D eigenvalue weighted by atomic mass is 19.4. The summed E-state index contributed by atoms with van der Waals surface area (Å²) < 4.78 is 36.8. The molecule has 3 N–H and O–H groups in total. The Balaban J connectivity index is 2.06. The van der Waals surface area contributed by atoms with E-state index in [0.717, 1.165) is 12.8 Å². The molecule has 1 saturated heterocycles. The van der Waals surface area contributed by atoms with Gasteiger partial charge in [-0.2, -0.15) is 13.2 Å². The number of primary amides is 1. The standard InChI is InChI=1S/C11H18F3N3O/c1-7-4-10(9(15)18,16-5-11(12,13)14)6-17(7)8-2-3-8/h7-8,16H,2-6H2,1H3,(H2,15,18). The van der Waals surface area contributed by atoms with E-state index < -0.39 is 24.2 Å². The minimum Gasteiger partial charge on any atom is -0.368 e. The van der Waals surface area contributed by atoms with Gasteiger partial charge in [-0.25, -0.2) is 0 Å². The molecule has 2 atom stereocenters. The Morgan fingerprint density at radius 1 is 1.50 bits per heavy atom. The SMILES string of the molecule is CC1CC(NCC(F)(F)F)(C(N)=O)CN1C1CC1. The van der Waals surface area contributed by atoms with Crippen LogP contribution < -0.4 is 11.1 Å². The molecule has 0 bridgehead atoms. The number of nitrogens with zero attached hydrogens (tertiary/aromatic N) is 1. The van der Waals surface area contributed by atoms with Crippen molar-refractivity contribution in [1.82, 2.24) is 10.2 Å². The molecule has 0 aromatic rings. The van der Waals surface area contributed by atoms with E-state index in [1.807, 2.05) is 6.92 Å². The van der Waals surface area contributed by atoms with Crippen molar-refractivity contribution in [3.63, 3.8) is 0 Å². The van der Waals surface area contributed by atoms with Crippen molar-refractivity contribution in [2.75, 3.05) is 13.1 Å². The summed E-state index contributed by atoms with van der Waals surface area (Å²) in [6.45, 7) is 1.03. The highest BCUT2D eigenvalue weighted by Gasteiger charge is 2.51. The zero-order valence-electron chi connectivity index (χ0n) is 10.3. The van der Waals surface area contributed by atoms with Crippen LogP contribution in [0.15, 0.2) is 0 Å². The third-order valence-corrected chi connectivity index (χ3v) is 3.78. The van der Waals surface area contributed by atoms with Crippen LogP contribution in [-0.4, -0.2) is 47.7 Å². The molecule has 4 nitrogen and oxygen atoms in total. The number of hydrogen-bond donors (Lipinski definition) is 2. The van der Waals surface area contributed by atoms with Crippen LogP contribution in [0.25, 0.3) is 0 Å². The van der Waals surface area contributed by atoms with E-state index in [4.69, 9.17) is 5.73 Å². The van der Waals surface area contributed by atoms with Crippen molar-refractivity contribution in [2.45, 2.75) is 50.0 Å². The maximum absolute atomic E-state index is 12.3. The Morgan fingerprint density at radius 3 is 2.56 bits per heavy atom. The molecule has 1 aliphatic heterocycles. The lowest BCUT2D eigenvalue weighted by atomic mass is 9.95. The maximum Gasteiger partial charge on any atom is 0.401 e. The number of likely N-dealkylation sites (tertiary alicyclic amines) is 1. The zero-order chi connectivity index (χ0) is 13.6. The van der Waals surface area contributed by atoms with E-state index in [1.165, 1.54) is 0 Å². The van der Waals surface area contributed by atoms with Gasteiger partial charge in [0.2, 0.25) is 5.91 Å².